The molecule has 2 heterocycles. The Kier molecular flexibility index (Phi) is 6.02. The number of hydrogen-bond acceptors (Lipinski definition) is 6. The average molecular weight is 376 g/mol. The van der Waals surface area contributed by atoms with E-state index in [1.165, 1.54) is 21.3 Å². The summed E-state index contributed by atoms with van der Waals surface area (Å²) in [6.07, 6.45) is 5.28. The van der Waals surface area contributed by atoms with Crippen molar-refractivity contribution in [1.29, 1.82) is 0 Å². The van der Waals surface area contributed by atoms with Gasteiger partial charge in [0, 0.05) is 31.5 Å². The molecule has 0 aliphatic carbocycles. The van der Waals surface area contributed by atoms with Crippen molar-refractivity contribution in [3.63, 3.8) is 0 Å². The van der Waals surface area contributed by atoms with Gasteiger partial charge >= 0.3 is 6.03 Å². The Hall–Kier alpha value is -2.94. The van der Waals surface area contributed by atoms with E-state index in [1.807, 2.05) is 10.9 Å². The number of aromatic nitrogens is 2. The Bertz CT molecular complexity index is 761. The number of anilines is 2. The van der Waals surface area contributed by atoms with Crippen molar-refractivity contribution in [3.05, 3.63) is 24.5 Å². The van der Waals surface area contributed by atoms with Crippen molar-refractivity contribution < 1.29 is 23.7 Å². The van der Waals surface area contributed by atoms with Crippen molar-refractivity contribution in [3.8, 4) is 17.2 Å². The molecule has 0 unspecified atom stereocenters. The van der Waals surface area contributed by atoms with Gasteiger partial charge in [-0.15, -0.1) is 0 Å². The molecule has 2 aromatic rings. The van der Waals surface area contributed by atoms with Gasteiger partial charge in [0.2, 0.25) is 5.75 Å². The first-order valence-corrected chi connectivity index (χ1v) is 8.64. The number of benzene rings is 1. The summed E-state index contributed by atoms with van der Waals surface area (Å²) in [6.45, 7) is 1.46. The minimum absolute atomic E-state index is 0.299. The van der Waals surface area contributed by atoms with Crippen LogP contribution in [-0.2, 0) is 4.74 Å². The van der Waals surface area contributed by atoms with Crippen LogP contribution in [0.2, 0.25) is 0 Å². The van der Waals surface area contributed by atoms with Crippen molar-refractivity contribution in [2.24, 2.45) is 0 Å². The SMILES string of the molecule is COc1cc(NC(=O)Nc2cnn(C3CCOCC3)c2)cc(OC)c1OC. The van der Waals surface area contributed by atoms with Crippen LogP contribution in [0.1, 0.15) is 18.9 Å². The molecule has 1 aliphatic rings. The molecule has 1 aliphatic heterocycles. The number of nitrogens with one attached hydrogen (secondary N) is 2. The van der Waals surface area contributed by atoms with E-state index in [1.54, 1.807) is 18.3 Å². The van der Waals surface area contributed by atoms with E-state index in [0.29, 0.717) is 34.7 Å². The van der Waals surface area contributed by atoms with Gasteiger partial charge in [0.15, 0.2) is 11.5 Å². The highest BCUT2D eigenvalue weighted by Gasteiger charge is 2.18. The molecule has 1 aromatic heterocycles. The predicted molar refractivity (Wildman–Crippen MR) is 100 cm³/mol. The van der Waals surface area contributed by atoms with Gasteiger partial charge in [-0.1, -0.05) is 0 Å². The second-order valence-electron chi connectivity index (χ2n) is 6.05. The van der Waals surface area contributed by atoms with Crippen LogP contribution in [-0.4, -0.2) is 50.4 Å². The van der Waals surface area contributed by atoms with Gasteiger partial charge in [-0.25, -0.2) is 4.79 Å². The molecule has 0 saturated carbocycles. The van der Waals surface area contributed by atoms with Crippen LogP contribution in [0.4, 0.5) is 16.2 Å². The standard InChI is InChI=1S/C18H24N4O5/c1-24-15-8-12(9-16(25-2)17(15)26-3)20-18(23)21-13-10-19-22(11-13)14-4-6-27-7-5-14/h8-11,14H,4-7H2,1-3H3,(H2,20,21,23). The second kappa shape index (κ2) is 8.63. The number of urea groups is 1. The topological polar surface area (TPSA) is 95.9 Å². The van der Waals surface area contributed by atoms with E-state index >= 15 is 0 Å². The van der Waals surface area contributed by atoms with Crippen LogP contribution in [0.3, 0.4) is 0 Å². The molecule has 3 rings (SSSR count). The van der Waals surface area contributed by atoms with Crippen LogP contribution in [0.25, 0.3) is 0 Å². The Morgan fingerprint density at radius 2 is 1.70 bits per heavy atom. The maximum atomic E-state index is 12.3. The molecule has 2 amide bonds. The summed E-state index contributed by atoms with van der Waals surface area (Å²) in [5.74, 6) is 1.38. The number of rotatable bonds is 6. The van der Waals surface area contributed by atoms with Gasteiger partial charge in [-0.3, -0.25) is 4.68 Å². The van der Waals surface area contributed by atoms with Crippen molar-refractivity contribution in [2.45, 2.75) is 18.9 Å². The number of carbonyl (C=O) groups excluding carboxylic acids is 1. The molecule has 0 spiro atoms. The summed E-state index contributed by atoms with van der Waals surface area (Å²) in [5, 5.41) is 9.87. The van der Waals surface area contributed by atoms with Crippen LogP contribution in [0, 0.1) is 0 Å². The third kappa shape index (κ3) is 4.43. The lowest BCUT2D eigenvalue weighted by Crippen LogP contribution is -2.20. The first kappa shape index (κ1) is 18.8. The highest BCUT2D eigenvalue weighted by atomic mass is 16.5. The molecule has 0 bridgehead atoms. The zero-order chi connectivity index (χ0) is 19.2. The Labute approximate surface area is 157 Å². The predicted octanol–water partition coefficient (Wildman–Crippen LogP) is 2.90. The summed E-state index contributed by atoms with van der Waals surface area (Å²) >= 11 is 0. The van der Waals surface area contributed by atoms with Gasteiger partial charge < -0.3 is 29.6 Å². The fourth-order valence-corrected chi connectivity index (χ4v) is 3.00. The van der Waals surface area contributed by atoms with E-state index in [4.69, 9.17) is 18.9 Å². The molecule has 9 nitrogen and oxygen atoms in total. The van der Waals surface area contributed by atoms with Crippen molar-refractivity contribution >= 4 is 17.4 Å². The van der Waals surface area contributed by atoms with E-state index in [-0.39, 0.29) is 0 Å². The van der Waals surface area contributed by atoms with E-state index in [9.17, 15) is 4.79 Å². The third-order valence-electron chi connectivity index (χ3n) is 4.35. The zero-order valence-electron chi connectivity index (χ0n) is 15.7. The maximum Gasteiger partial charge on any atom is 0.323 e. The highest BCUT2D eigenvalue weighted by molar-refractivity contribution is 6.00. The third-order valence-corrected chi connectivity index (χ3v) is 4.35. The van der Waals surface area contributed by atoms with Gasteiger partial charge in [0.1, 0.15) is 0 Å². The first-order chi connectivity index (χ1) is 13.1. The number of methoxy groups -OCH3 is 3. The largest absolute Gasteiger partial charge is 0.493 e. The molecular formula is C18H24N4O5. The molecule has 1 aromatic carbocycles. The second-order valence-corrected chi connectivity index (χ2v) is 6.05. The molecule has 0 radical (unpaired) electrons. The lowest BCUT2D eigenvalue weighted by molar-refractivity contribution is 0.0662. The van der Waals surface area contributed by atoms with Crippen LogP contribution in [0.5, 0.6) is 17.2 Å². The van der Waals surface area contributed by atoms with Crippen molar-refractivity contribution in [2.75, 3.05) is 45.2 Å². The van der Waals surface area contributed by atoms with Gasteiger partial charge in [-0.05, 0) is 12.8 Å². The summed E-state index contributed by atoms with van der Waals surface area (Å²) in [5.41, 5.74) is 1.13. The molecule has 146 valence electrons. The monoisotopic (exact) mass is 376 g/mol. The fourth-order valence-electron chi connectivity index (χ4n) is 3.00. The maximum absolute atomic E-state index is 12.3. The summed E-state index contributed by atoms with van der Waals surface area (Å²) in [4.78, 5) is 12.3. The minimum Gasteiger partial charge on any atom is -0.493 e. The molecule has 2 N–H and O–H groups in total. The van der Waals surface area contributed by atoms with Crippen molar-refractivity contribution in [1.82, 2.24) is 9.78 Å². The lowest BCUT2D eigenvalue weighted by atomic mass is 10.1. The molecule has 9 heteroatoms. The van der Waals surface area contributed by atoms with Crippen LogP contribution >= 0.6 is 0 Å². The summed E-state index contributed by atoms with van der Waals surface area (Å²) in [7, 11) is 4.56. The molecule has 0 atom stereocenters. The number of amides is 2. The number of carbonyl (C=O) groups is 1. The molecule has 1 fully saturated rings. The van der Waals surface area contributed by atoms with E-state index < -0.39 is 6.03 Å². The minimum atomic E-state index is -0.393. The number of ether oxygens (including phenoxy) is 4. The van der Waals surface area contributed by atoms with Gasteiger partial charge in [0.05, 0.1) is 44.9 Å². The van der Waals surface area contributed by atoms with Gasteiger partial charge in [-0.2, -0.15) is 5.10 Å². The molecule has 1 saturated heterocycles. The Morgan fingerprint density at radius 1 is 1.07 bits per heavy atom. The average Bonchev–Trinajstić information content (AvgIpc) is 3.16. The Balaban J connectivity index is 1.66. The highest BCUT2D eigenvalue weighted by Crippen LogP contribution is 2.39. The quantitative estimate of drug-likeness (QED) is 0.805. The van der Waals surface area contributed by atoms with Crippen LogP contribution in [0.15, 0.2) is 24.5 Å². The number of hydrogen-bond donors (Lipinski definition) is 2. The van der Waals surface area contributed by atoms with Gasteiger partial charge in [0.25, 0.3) is 0 Å². The first-order valence-electron chi connectivity index (χ1n) is 8.64. The van der Waals surface area contributed by atoms with Crippen LogP contribution < -0.4 is 24.8 Å². The molecule has 27 heavy (non-hydrogen) atoms. The lowest BCUT2D eigenvalue weighted by Gasteiger charge is -2.22. The zero-order valence-corrected chi connectivity index (χ0v) is 15.7. The fraction of sp³-hybridized carbons (Fsp3) is 0.444. The van der Waals surface area contributed by atoms with E-state index in [2.05, 4.69) is 15.7 Å². The summed E-state index contributed by atoms with van der Waals surface area (Å²) < 4.78 is 23.1. The Morgan fingerprint density at radius 3 is 2.30 bits per heavy atom. The number of nitrogens with zero attached hydrogens (tertiary/aromatic N) is 2. The smallest absolute Gasteiger partial charge is 0.323 e. The summed E-state index contributed by atoms with van der Waals surface area (Å²) in [6, 6.07) is 3.22. The van der Waals surface area contributed by atoms with E-state index in [0.717, 1.165) is 26.1 Å². The molecular weight excluding hydrogens is 352 g/mol. The normalized spacial score (nSPS) is 14.5.